The van der Waals surface area contributed by atoms with Crippen LogP contribution in [0.4, 0.5) is 5.69 Å². The van der Waals surface area contributed by atoms with Gasteiger partial charge in [0, 0.05) is 24.5 Å². The van der Waals surface area contributed by atoms with E-state index in [0.29, 0.717) is 36.6 Å². The van der Waals surface area contributed by atoms with Crippen molar-refractivity contribution in [3.8, 4) is 0 Å². The molecule has 4 rings (SSSR count). The molecule has 9 nitrogen and oxygen atoms in total. The number of anilines is 1. The average molecular weight is 372 g/mol. The average Bonchev–Trinajstić information content (AvgIpc) is 3.33. The van der Waals surface area contributed by atoms with Crippen molar-refractivity contribution in [2.75, 3.05) is 18.4 Å². The summed E-state index contributed by atoms with van der Waals surface area (Å²) in [5.74, 6) is -0.489. The van der Waals surface area contributed by atoms with Crippen molar-refractivity contribution in [3.05, 3.63) is 35.6 Å². The molecule has 1 unspecified atom stereocenters. The molecule has 1 N–H and O–H groups in total. The molecule has 10 heteroatoms. The SMILES string of the molecule is O=C(Nc1cccnc1)C1=NOC2(CCCN(C(=O)c3csnn3)C2)C1. The van der Waals surface area contributed by atoms with Gasteiger partial charge in [-0.1, -0.05) is 9.64 Å². The third-order valence-corrected chi connectivity index (χ3v) is 4.93. The van der Waals surface area contributed by atoms with E-state index in [4.69, 9.17) is 4.84 Å². The highest BCUT2D eigenvalue weighted by Crippen LogP contribution is 2.34. The highest BCUT2D eigenvalue weighted by Gasteiger charge is 2.45. The van der Waals surface area contributed by atoms with Gasteiger partial charge in [-0.15, -0.1) is 5.10 Å². The molecule has 1 spiro atoms. The fourth-order valence-corrected chi connectivity index (χ4v) is 3.62. The van der Waals surface area contributed by atoms with Crippen molar-refractivity contribution in [1.29, 1.82) is 0 Å². The minimum absolute atomic E-state index is 0.172. The summed E-state index contributed by atoms with van der Waals surface area (Å²) in [5.41, 5.74) is 0.593. The molecule has 1 atom stereocenters. The lowest BCUT2D eigenvalue weighted by Crippen LogP contribution is -2.50. The van der Waals surface area contributed by atoms with E-state index in [1.165, 1.54) is 0 Å². The molecule has 134 valence electrons. The lowest BCUT2D eigenvalue weighted by Gasteiger charge is -2.37. The van der Waals surface area contributed by atoms with Crippen LogP contribution in [0.25, 0.3) is 0 Å². The molecule has 2 amide bonds. The van der Waals surface area contributed by atoms with Crippen LogP contribution in [-0.2, 0) is 9.63 Å². The van der Waals surface area contributed by atoms with Gasteiger partial charge in [-0.3, -0.25) is 14.6 Å². The van der Waals surface area contributed by atoms with E-state index in [0.717, 1.165) is 24.4 Å². The third kappa shape index (κ3) is 3.27. The molecule has 0 aromatic carbocycles. The monoisotopic (exact) mass is 372 g/mol. The molecule has 2 aromatic heterocycles. The Bertz CT molecular complexity index is 841. The topological polar surface area (TPSA) is 110 Å². The second-order valence-corrected chi connectivity index (χ2v) is 6.92. The van der Waals surface area contributed by atoms with Crippen molar-refractivity contribution >= 4 is 34.7 Å². The van der Waals surface area contributed by atoms with Crippen LogP contribution in [0.1, 0.15) is 29.8 Å². The van der Waals surface area contributed by atoms with E-state index in [1.807, 2.05) is 0 Å². The summed E-state index contributed by atoms with van der Waals surface area (Å²) in [6, 6.07) is 3.49. The van der Waals surface area contributed by atoms with Crippen LogP contribution in [0.2, 0.25) is 0 Å². The molecule has 2 aromatic rings. The van der Waals surface area contributed by atoms with Crippen LogP contribution in [-0.4, -0.2) is 55.7 Å². The number of aromatic nitrogens is 3. The first kappa shape index (κ1) is 16.6. The highest BCUT2D eigenvalue weighted by atomic mass is 32.1. The number of nitrogens with zero attached hydrogens (tertiary/aromatic N) is 5. The number of nitrogens with one attached hydrogen (secondary N) is 1. The lowest BCUT2D eigenvalue weighted by atomic mass is 9.88. The zero-order valence-electron chi connectivity index (χ0n) is 13.8. The maximum atomic E-state index is 12.5. The normalized spacial score (nSPS) is 22.0. The smallest absolute Gasteiger partial charge is 0.275 e. The fourth-order valence-electron chi connectivity index (χ4n) is 3.19. The molecular weight excluding hydrogens is 356 g/mol. The number of amides is 2. The van der Waals surface area contributed by atoms with Crippen LogP contribution < -0.4 is 5.32 Å². The minimum Gasteiger partial charge on any atom is -0.386 e. The quantitative estimate of drug-likeness (QED) is 0.870. The summed E-state index contributed by atoms with van der Waals surface area (Å²) < 4.78 is 3.73. The van der Waals surface area contributed by atoms with E-state index in [2.05, 4.69) is 25.0 Å². The van der Waals surface area contributed by atoms with Gasteiger partial charge < -0.3 is 15.1 Å². The molecule has 2 aliphatic heterocycles. The van der Waals surface area contributed by atoms with Crippen molar-refractivity contribution in [1.82, 2.24) is 19.5 Å². The van der Waals surface area contributed by atoms with E-state index in [9.17, 15) is 9.59 Å². The van der Waals surface area contributed by atoms with Crippen LogP contribution in [0.15, 0.2) is 35.1 Å². The summed E-state index contributed by atoms with van der Waals surface area (Å²) in [7, 11) is 0. The van der Waals surface area contributed by atoms with Crippen molar-refractivity contribution in [2.24, 2.45) is 5.16 Å². The second kappa shape index (κ2) is 6.79. The van der Waals surface area contributed by atoms with E-state index < -0.39 is 5.60 Å². The van der Waals surface area contributed by atoms with E-state index in [1.54, 1.807) is 34.8 Å². The number of piperidine rings is 1. The largest absolute Gasteiger partial charge is 0.386 e. The van der Waals surface area contributed by atoms with Gasteiger partial charge in [0.25, 0.3) is 11.8 Å². The number of carbonyl (C=O) groups excluding carboxylic acids is 2. The number of carbonyl (C=O) groups is 2. The first-order valence-corrected chi connectivity index (χ1v) is 9.02. The Morgan fingerprint density at radius 2 is 2.31 bits per heavy atom. The van der Waals surface area contributed by atoms with E-state index in [-0.39, 0.29) is 11.8 Å². The first-order chi connectivity index (χ1) is 12.7. The Morgan fingerprint density at radius 3 is 3.08 bits per heavy atom. The number of pyridine rings is 1. The summed E-state index contributed by atoms with van der Waals surface area (Å²) in [6.07, 6.45) is 5.06. The third-order valence-electron chi connectivity index (χ3n) is 4.43. The highest BCUT2D eigenvalue weighted by molar-refractivity contribution is 7.03. The molecule has 4 heterocycles. The van der Waals surface area contributed by atoms with Gasteiger partial charge in [0.2, 0.25) is 0 Å². The molecule has 1 saturated heterocycles. The first-order valence-electron chi connectivity index (χ1n) is 8.18. The molecular formula is C16H16N6O3S. The van der Waals surface area contributed by atoms with Crippen LogP contribution in [0.5, 0.6) is 0 Å². The summed E-state index contributed by atoms with van der Waals surface area (Å²) in [4.78, 5) is 36.2. The Labute approximate surface area is 153 Å². The lowest BCUT2D eigenvalue weighted by molar-refractivity contribution is -0.110. The van der Waals surface area contributed by atoms with Gasteiger partial charge in [-0.25, -0.2) is 0 Å². The predicted octanol–water partition coefficient (Wildman–Crippen LogP) is 1.32. The zero-order chi connectivity index (χ0) is 18.0. The number of rotatable bonds is 3. The van der Waals surface area contributed by atoms with Crippen LogP contribution in [0, 0.1) is 0 Å². The molecule has 0 radical (unpaired) electrons. The van der Waals surface area contributed by atoms with Crippen molar-refractivity contribution < 1.29 is 14.4 Å². The van der Waals surface area contributed by atoms with Gasteiger partial charge >= 0.3 is 0 Å². The number of hydrogen-bond donors (Lipinski definition) is 1. The summed E-state index contributed by atoms with van der Waals surface area (Å²) in [5, 5.41) is 12.2. The van der Waals surface area contributed by atoms with Crippen LogP contribution >= 0.6 is 11.5 Å². The fraction of sp³-hybridized carbons (Fsp3) is 0.375. The minimum atomic E-state index is -0.654. The van der Waals surface area contributed by atoms with Gasteiger partial charge in [-0.2, -0.15) is 0 Å². The standard InChI is InChI=1S/C16H16N6O3S/c23-14(18-11-3-1-5-17-8-11)12-7-16(25-20-12)4-2-6-22(10-16)15(24)13-9-26-21-19-13/h1,3,5,8-9H,2,4,6-7,10H2,(H,18,23). The van der Waals surface area contributed by atoms with Crippen LogP contribution in [0.3, 0.4) is 0 Å². The number of oxime groups is 1. The van der Waals surface area contributed by atoms with Gasteiger partial charge in [0.1, 0.15) is 5.71 Å². The maximum absolute atomic E-state index is 12.5. The van der Waals surface area contributed by atoms with Gasteiger partial charge in [0.05, 0.1) is 18.4 Å². The molecule has 1 fully saturated rings. The van der Waals surface area contributed by atoms with E-state index >= 15 is 0 Å². The van der Waals surface area contributed by atoms with Gasteiger partial charge in [0.15, 0.2) is 11.3 Å². The zero-order valence-corrected chi connectivity index (χ0v) is 14.6. The van der Waals surface area contributed by atoms with Crippen molar-refractivity contribution in [2.45, 2.75) is 24.9 Å². The Kier molecular flexibility index (Phi) is 4.33. The molecule has 2 aliphatic rings. The van der Waals surface area contributed by atoms with Crippen molar-refractivity contribution in [3.63, 3.8) is 0 Å². The Morgan fingerprint density at radius 1 is 1.38 bits per heavy atom. The second-order valence-electron chi connectivity index (χ2n) is 6.31. The molecule has 0 saturated carbocycles. The molecule has 0 aliphatic carbocycles. The molecule has 26 heavy (non-hydrogen) atoms. The Hall–Kier alpha value is -2.88. The summed E-state index contributed by atoms with van der Waals surface area (Å²) in [6.45, 7) is 0.995. The maximum Gasteiger partial charge on any atom is 0.275 e. The molecule has 0 bridgehead atoms. The summed E-state index contributed by atoms with van der Waals surface area (Å²) >= 11 is 1.14. The predicted molar refractivity (Wildman–Crippen MR) is 93.8 cm³/mol. The number of hydrogen-bond acceptors (Lipinski definition) is 8. The Balaban J connectivity index is 1.41. The number of likely N-dealkylation sites (tertiary alicyclic amines) is 1. The van der Waals surface area contributed by atoms with Gasteiger partial charge in [-0.05, 0) is 36.5 Å².